The molecule has 0 aliphatic heterocycles. The van der Waals surface area contributed by atoms with Crippen LogP contribution in [0.2, 0.25) is 0 Å². The fraction of sp³-hybridized carbons (Fsp3) is 0.333. The molecule has 0 aromatic carbocycles. The van der Waals surface area contributed by atoms with E-state index >= 15 is 0 Å². The highest BCUT2D eigenvalue weighted by Gasteiger charge is 2.03. The molecule has 2 aromatic heterocycles. The lowest BCUT2D eigenvalue weighted by atomic mass is 10.8. The molecule has 0 bridgehead atoms. The average Bonchev–Trinajstić information content (AvgIpc) is 2.53. The van der Waals surface area contributed by atoms with Crippen LogP contribution in [0, 0.1) is 0 Å². The van der Waals surface area contributed by atoms with Crippen LogP contribution in [-0.4, -0.2) is 13.3 Å². The van der Waals surface area contributed by atoms with E-state index < -0.39 is 0 Å². The number of fused-ring (bicyclic) bond motifs is 1. The Morgan fingerprint density at radius 1 is 1.73 bits per heavy atom. The van der Waals surface area contributed by atoms with Gasteiger partial charge in [-0.2, -0.15) is 0 Å². The fourth-order valence-corrected chi connectivity index (χ4v) is 1.79. The Morgan fingerprint density at radius 3 is 3.18 bits per heavy atom. The Morgan fingerprint density at radius 2 is 2.55 bits per heavy atom. The summed E-state index contributed by atoms with van der Waals surface area (Å²) < 4.78 is 3.22. The first-order valence-electron chi connectivity index (χ1n) is 3.36. The van der Waals surface area contributed by atoms with Gasteiger partial charge in [0, 0.05) is 18.9 Å². The lowest BCUT2D eigenvalue weighted by molar-refractivity contribution is 0.773. The topological polar surface area (TPSA) is 39.3 Å². The molecule has 0 fully saturated rings. The van der Waals surface area contributed by atoms with Crippen LogP contribution in [0.25, 0.3) is 4.96 Å². The molecule has 0 N–H and O–H groups in total. The second-order valence-electron chi connectivity index (χ2n) is 2.15. The zero-order chi connectivity index (χ0) is 7.84. The minimum atomic E-state index is 0.00463. The van der Waals surface area contributed by atoms with E-state index in [0.29, 0.717) is 6.54 Å². The molecule has 2 rings (SSSR count). The minimum absolute atomic E-state index is 0.00463. The summed E-state index contributed by atoms with van der Waals surface area (Å²) in [4.78, 5) is 16.1. The van der Waals surface area contributed by atoms with Crippen LogP contribution in [-0.2, 0) is 6.54 Å². The molecular weight excluding hydrogens is 162 g/mol. The van der Waals surface area contributed by atoms with Gasteiger partial charge in [0.25, 0.3) is 0 Å². The first-order chi connectivity index (χ1) is 5.33. The molecule has 0 amide bonds. The minimum Gasteiger partial charge on any atom is -0.246 e. The molecule has 4 nitrogen and oxygen atoms in total. The quantitative estimate of drug-likeness (QED) is 0.626. The second-order valence-corrected chi connectivity index (χ2v) is 3.14. The van der Waals surface area contributed by atoms with Crippen molar-refractivity contribution in [2.24, 2.45) is 0 Å². The van der Waals surface area contributed by atoms with Crippen LogP contribution in [0.1, 0.15) is 6.92 Å². The summed E-state index contributed by atoms with van der Waals surface area (Å²) in [5.41, 5.74) is 0.00463. The van der Waals surface area contributed by atoms with Crippen LogP contribution in [0.5, 0.6) is 0 Å². The van der Waals surface area contributed by atoms with Gasteiger partial charge in [-0.15, -0.1) is 0 Å². The zero-order valence-electron chi connectivity index (χ0n) is 6.02. The highest BCUT2D eigenvalue weighted by molar-refractivity contribution is 7.11. The Labute approximate surface area is 66.9 Å². The molecule has 0 radical (unpaired) electrons. The van der Waals surface area contributed by atoms with E-state index in [2.05, 4.69) is 4.98 Å². The van der Waals surface area contributed by atoms with Crippen molar-refractivity contribution in [1.29, 1.82) is 0 Å². The predicted molar refractivity (Wildman–Crippen MR) is 43.0 cm³/mol. The van der Waals surface area contributed by atoms with Crippen molar-refractivity contribution in [1.82, 2.24) is 13.3 Å². The van der Waals surface area contributed by atoms with Gasteiger partial charge in [-0.1, -0.05) is 0 Å². The summed E-state index contributed by atoms with van der Waals surface area (Å²) in [6, 6.07) is 0. The van der Waals surface area contributed by atoms with Crippen LogP contribution >= 0.6 is 11.5 Å². The number of hydrogen-bond acceptors (Lipinski definition) is 3. The Kier molecular flexibility index (Phi) is 1.32. The molecule has 2 aromatic rings. The summed E-state index contributed by atoms with van der Waals surface area (Å²) in [5.74, 6) is 0. The fourth-order valence-electron chi connectivity index (χ4n) is 0.960. The van der Waals surface area contributed by atoms with Gasteiger partial charge in [0.05, 0.1) is 0 Å². The molecular formula is C6H7N3OS. The van der Waals surface area contributed by atoms with Crippen molar-refractivity contribution >= 4 is 16.5 Å². The Bertz CT molecular complexity index is 424. The number of nitrogens with zero attached hydrogens (tertiary/aromatic N) is 3. The lowest BCUT2D eigenvalue weighted by Crippen LogP contribution is -2.17. The molecule has 0 aliphatic carbocycles. The molecule has 0 atom stereocenters. The summed E-state index contributed by atoms with van der Waals surface area (Å²) in [6.07, 6.45) is 3.31. The van der Waals surface area contributed by atoms with Crippen LogP contribution in [0.15, 0.2) is 17.2 Å². The van der Waals surface area contributed by atoms with E-state index in [-0.39, 0.29) is 5.69 Å². The van der Waals surface area contributed by atoms with Gasteiger partial charge in [-0.3, -0.25) is 0 Å². The van der Waals surface area contributed by atoms with E-state index in [1.54, 1.807) is 20.8 Å². The van der Waals surface area contributed by atoms with Gasteiger partial charge in [-0.25, -0.2) is 18.1 Å². The Hall–Kier alpha value is -1.10. The third-order valence-corrected chi connectivity index (χ3v) is 2.61. The highest BCUT2D eigenvalue weighted by atomic mass is 32.1. The van der Waals surface area contributed by atoms with Crippen LogP contribution in [0.4, 0.5) is 0 Å². The molecule has 0 saturated carbocycles. The molecule has 11 heavy (non-hydrogen) atoms. The summed E-state index contributed by atoms with van der Waals surface area (Å²) in [7, 11) is 0. The van der Waals surface area contributed by atoms with E-state index in [9.17, 15) is 4.79 Å². The molecule has 5 heteroatoms. The van der Waals surface area contributed by atoms with E-state index in [1.807, 2.05) is 6.92 Å². The van der Waals surface area contributed by atoms with Gasteiger partial charge in [0.15, 0.2) is 0 Å². The van der Waals surface area contributed by atoms with Gasteiger partial charge in [0.2, 0.25) is 4.96 Å². The smallest absolute Gasteiger partial charge is 0.246 e. The Balaban J connectivity index is 2.87. The lowest BCUT2D eigenvalue weighted by Gasteiger charge is -1.86. The van der Waals surface area contributed by atoms with Crippen molar-refractivity contribution in [2.75, 3.05) is 0 Å². The average molecular weight is 169 g/mol. The van der Waals surface area contributed by atoms with Crippen LogP contribution in [0.3, 0.4) is 0 Å². The van der Waals surface area contributed by atoms with E-state index in [1.165, 1.54) is 11.5 Å². The zero-order valence-corrected chi connectivity index (χ0v) is 6.84. The molecule has 0 unspecified atom stereocenters. The number of rotatable bonds is 1. The SMILES string of the molecule is CCn1sc2nccn2c1=O. The van der Waals surface area contributed by atoms with Gasteiger partial charge >= 0.3 is 5.69 Å². The van der Waals surface area contributed by atoms with Gasteiger partial charge in [-0.05, 0) is 18.5 Å². The molecule has 2 heterocycles. The maximum absolute atomic E-state index is 11.3. The van der Waals surface area contributed by atoms with Crippen molar-refractivity contribution in [3.63, 3.8) is 0 Å². The normalized spacial score (nSPS) is 11.0. The molecule has 0 spiro atoms. The van der Waals surface area contributed by atoms with E-state index in [4.69, 9.17) is 0 Å². The number of imidazole rings is 1. The molecule has 0 aliphatic rings. The first-order valence-corrected chi connectivity index (χ1v) is 4.13. The van der Waals surface area contributed by atoms with Crippen molar-refractivity contribution in [3.05, 3.63) is 22.9 Å². The van der Waals surface area contributed by atoms with E-state index in [0.717, 1.165) is 4.96 Å². The maximum atomic E-state index is 11.3. The third-order valence-electron chi connectivity index (χ3n) is 1.51. The maximum Gasteiger partial charge on any atom is 0.343 e. The van der Waals surface area contributed by atoms with Crippen LogP contribution < -0.4 is 5.69 Å². The largest absolute Gasteiger partial charge is 0.343 e. The van der Waals surface area contributed by atoms with Crippen molar-refractivity contribution in [3.8, 4) is 0 Å². The van der Waals surface area contributed by atoms with Crippen molar-refractivity contribution < 1.29 is 0 Å². The second kappa shape index (κ2) is 2.20. The van der Waals surface area contributed by atoms with Gasteiger partial charge in [0.1, 0.15) is 0 Å². The number of aromatic nitrogens is 3. The number of hydrogen-bond donors (Lipinski definition) is 0. The van der Waals surface area contributed by atoms with Gasteiger partial charge < -0.3 is 0 Å². The monoisotopic (exact) mass is 169 g/mol. The summed E-state index contributed by atoms with van der Waals surface area (Å²) in [5, 5.41) is 0. The standard InChI is InChI=1S/C6H7N3OS/c1-2-9-6(10)8-4-3-7-5(8)11-9/h3-4H,2H2,1H3. The predicted octanol–water partition coefficient (Wildman–Crippen LogP) is 0.577. The molecule has 58 valence electrons. The number of aryl methyl sites for hydroxylation is 1. The first kappa shape index (κ1) is 6.60. The highest BCUT2D eigenvalue weighted by Crippen LogP contribution is 2.03. The summed E-state index contributed by atoms with van der Waals surface area (Å²) in [6.45, 7) is 2.66. The third kappa shape index (κ3) is 0.808. The molecule has 0 saturated heterocycles. The summed E-state index contributed by atoms with van der Waals surface area (Å²) >= 11 is 1.39. The van der Waals surface area contributed by atoms with Crippen molar-refractivity contribution in [2.45, 2.75) is 13.5 Å².